The van der Waals surface area contributed by atoms with Gasteiger partial charge in [0.05, 0.1) is 10.7 Å². The summed E-state index contributed by atoms with van der Waals surface area (Å²) in [6.07, 6.45) is 0. The molecule has 0 aliphatic heterocycles. The predicted octanol–water partition coefficient (Wildman–Crippen LogP) is 3.13. The number of benzene rings is 1. The van der Waals surface area contributed by atoms with Crippen molar-refractivity contribution in [3.05, 3.63) is 41.3 Å². The van der Waals surface area contributed by atoms with Gasteiger partial charge in [0, 0.05) is 18.5 Å². The van der Waals surface area contributed by atoms with E-state index in [2.05, 4.69) is 10.4 Å². The Kier molecular flexibility index (Phi) is 4.61. The molecule has 0 unspecified atom stereocenters. The molecule has 19 heavy (non-hydrogen) atoms. The molecule has 1 N–H and O–H groups in total. The molecule has 0 spiro atoms. The summed E-state index contributed by atoms with van der Waals surface area (Å²) in [5, 5.41) is 8.62. The molecule has 0 aliphatic rings. The molecule has 0 amide bonds. The highest BCUT2D eigenvalue weighted by Gasteiger charge is 2.09. The minimum absolute atomic E-state index is 0.196. The first-order valence-corrected chi connectivity index (χ1v) is 7.09. The standard InChI is InChI=1S/C14H18FN3S/c1-4-16-9-11-8-12(15)5-6-13(11)19-14-7-10(2)17-18(14)3/h5-8,16H,4,9H2,1-3H3. The van der Waals surface area contributed by atoms with Crippen molar-refractivity contribution in [3.8, 4) is 0 Å². The fourth-order valence-electron chi connectivity index (χ4n) is 1.84. The van der Waals surface area contributed by atoms with Crippen molar-refractivity contribution in [2.75, 3.05) is 6.54 Å². The van der Waals surface area contributed by atoms with E-state index in [0.717, 1.165) is 27.7 Å². The Balaban J connectivity index is 2.26. The third-order valence-electron chi connectivity index (χ3n) is 2.76. The lowest BCUT2D eigenvalue weighted by atomic mass is 10.2. The molecule has 0 atom stereocenters. The van der Waals surface area contributed by atoms with Crippen molar-refractivity contribution in [3.63, 3.8) is 0 Å². The number of halogens is 1. The van der Waals surface area contributed by atoms with Gasteiger partial charge in [-0.15, -0.1) is 0 Å². The Labute approximate surface area is 117 Å². The van der Waals surface area contributed by atoms with Crippen LogP contribution in [-0.4, -0.2) is 16.3 Å². The molecule has 1 heterocycles. The normalized spacial score (nSPS) is 10.9. The molecule has 0 saturated carbocycles. The number of nitrogens with one attached hydrogen (secondary N) is 1. The van der Waals surface area contributed by atoms with Crippen LogP contribution >= 0.6 is 11.8 Å². The summed E-state index contributed by atoms with van der Waals surface area (Å²) in [4.78, 5) is 1.06. The van der Waals surface area contributed by atoms with Crippen LogP contribution in [0.4, 0.5) is 4.39 Å². The van der Waals surface area contributed by atoms with E-state index in [9.17, 15) is 4.39 Å². The lowest BCUT2D eigenvalue weighted by Gasteiger charge is -2.09. The zero-order chi connectivity index (χ0) is 13.8. The maximum Gasteiger partial charge on any atom is 0.123 e. The third-order valence-corrected chi connectivity index (χ3v) is 3.97. The van der Waals surface area contributed by atoms with Gasteiger partial charge < -0.3 is 5.32 Å². The summed E-state index contributed by atoms with van der Waals surface area (Å²) in [6, 6.07) is 6.95. The van der Waals surface area contributed by atoms with E-state index in [-0.39, 0.29) is 5.82 Å². The molecule has 2 aromatic rings. The van der Waals surface area contributed by atoms with Gasteiger partial charge in [-0.2, -0.15) is 5.10 Å². The van der Waals surface area contributed by atoms with Crippen molar-refractivity contribution < 1.29 is 4.39 Å². The van der Waals surface area contributed by atoms with E-state index in [1.807, 2.05) is 37.7 Å². The molecule has 5 heteroatoms. The zero-order valence-electron chi connectivity index (χ0n) is 11.4. The maximum atomic E-state index is 13.3. The highest BCUT2D eigenvalue weighted by molar-refractivity contribution is 7.99. The van der Waals surface area contributed by atoms with Crippen LogP contribution in [0.2, 0.25) is 0 Å². The van der Waals surface area contributed by atoms with Gasteiger partial charge >= 0.3 is 0 Å². The van der Waals surface area contributed by atoms with Crippen LogP contribution in [-0.2, 0) is 13.6 Å². The number of rotatable bonds is 5. The maximum absolute atomic E-state index is 13.3. The number of aromatic nitrogens is 2. The molecule has 102 valence electrons. The van der Waals surface area contributed by atoms with Crippen LogP contribution in [0, 0.1) is 12.7 Å². The van der Waals surface area contributed by atoms with Crippen LogP contribution in [0.1, 0.15) is 18.2 Å². The quantitative estimate of drug-likeness (QED) is 0.912. The fourth-order valence-corrected chi connectivity index (χ4v) is 2.87. The van der Waals surface area contributed by atoms with Crippen molar-refractivity contribution in [1.82, 2.24) is 15.1 Å². The highest BCUT2D eigenvalue weighted by atomic mass is 32.2. The van der Waals surface area contributed by atoms with Gasteiger partial charge in [-0.3, -0.25) is 4.68 Å². The summed E-state index contributed by atoms with van der Waals surface area (Å²) < 4.78 is 15.2. The topological polar surface area (TPSA) is 29.9 Å². The second kappa shape index (κ2) is 6.21. The number of nitrogens with zero attached hydrogens (tertiary/aromatic N) is 2. The molecular weight excluding hydrogens is 261 g/mol. The van der Waals surface area contributed by atoms with E-state index in [0.29, 0.717) is 6.54 Å². The van der Waals surface area contributed by atoms with Crippen molar-refractivity contribution in [1.29, 1.82) is 0 Å². The van der Waals surface area contributed by atoms with E-state index >= 15 is 0 Å². The van der Waals surface area contributed by atoms with Crippen LogP contribution in [0.15, 0.2) is 34.2 Å². The Morgan fingerprint density at radius 2 is 2.16 bits per heavy atom. The van der Waals surface area contributed by atoms with Gasteiger partial charge in [0.2, 0.25) is 0 Å². The average Bonchev–Trinajstić information content (AvgIpc) is 2.68. The fraction of sp³-hybridized carbons (Fsp3) is 0.357. The molecular formula is C14H18FN3S. The van der Waals surface area contributed by atoms with Crippen LogP contribution < -0.4 is 5.32 Å². The van der Waals surface area contributed by atoms with Gasteiger partial charge in [0.25, 0.3) is 0 Å². The Morgan fingerprint density at radius 3 is 2.79 bits per heavy atom. The first-order chi connectivity index (χ1) is 9.10. The van der Waals surface area contributed by atoms with Crippen molar-refractivity contribution in [2.24, 2.45) is 7.05 Å². The minimum atomic E-state index is -0.196. The molecule has 0 aliphatic carbocycles. The monoisotopic (exact) mass is 279 g/mol. The summed E-state index contributed by atoms with van der Waals surface area (Å²) in [5.74, 6) is -0.196. The molecule has 2 rings (SSSR count). The molecule has 0 saturated heterocycles. The van der Waals surface area contributed by atoms with Gasteiger partial charge in [0.15, 0.2) is 0 Å². The average molecular weight is 279 g/mol. The molecule has 0 bridgehead atoms. The second-order valence-electron chi connectivity index (χ2n) is 4.38. The Morgan fingerprint density at radius 1 is 1.37 bits per heavy atom. The summed E-state index contributed by atoms with van der Waals surface area (Å²) in [7, 11) is 1.92. The van der Waals surface area contributed by atoms with Crippen LogP contribution in [0.25, 0.3) is 0 Å². The summed E-state index contributed by atoms with van der Waals surface area (Å²) in [5.41, 5.74) is 1.96. The van der Waals surface area contributed by atoms with Gasteiger partial charge in [-0.25, -0.2) is 4.39 Å². The predicted molar refractivity (Wildman–Crippen MR) is 75.8 cm³/mol. The molecule has 0 radical (unpaired) electrons. The van der Waals surface area contributed by atoms with E-state index in [1.54, 1.807) is 17.8 Å². The number of hydrogen-bond donors (Lipinski definition) is 1. The van der Waals surface area contributed by atoms with Crippen molar-refractivity contribution in [2.45, 2.75) is 30.3 Å². The first kappa shape index (κ1) is 14.1. The highest BCUT2D eigenvalue weighted by Crippen LogP contribution is 2.31. The summed E-state index contributed by atoms with van der Waals surface area (Å²) in [6.45, 7) is 5.55. The SMILES string of the molecule is CCNCc1cc(F)ccc1Sc1cc(C)nn1C. The van der Waals surface area contributed by atoms with Gasteiger partial charge in [-0.1, -0.05) is 18.7 Å². The Hall–Kier alpha value is -1.33. The van der Waals surface area contributed by atoms with E-state index in [1.165, 1.54) is 6.07 Å². The molecule has 3 nitrogen and oxygen atoms in total. The van der Waals surface area contributed by atoms with Gasteiger partial charge in [-0.05, 0) is 43.3 Å². The third kappa shape index (κ3) is 3.58. The second-order valence-corrected chi connectivity index (χ2v) is 5.44. The van der Waals surface area contributed by atoms with E-state index < -0.39 is 0 Å². The minimum Gasteiger partial charge on any atom is -0.313 e. The van der Waals surface area contributed by atoms with Gasteiger partial charge in [0.1, 0.15) is 5.82 Å². The van der Waals surface area contributed by atoms with E-state index in [4.69, 9.17) is 0 Å². The number of hydrogen-bond acceptors (Lipinski definition) is 3. The zero-order valence-corrected chi connectivity index (χ0v) is 12.2. The van der Waals surface area contributed by atoms with Crippen LogP contribution in [0.3, 0.4) is 0 Å². The van der Waals surface area contributed by atoms with Crippen LogP contribution in [0.5, 0.6) is 0 Å². The Bertz CT molecular complexity index is 566. The molecule has 0 fully saturated rings. The smallest absolute Gasteiger partial charge is 0.123 e. The summed E-state index contributed by atoms with van der Waals surface area (Å²) >= 11 is 1.61. The lowest BCUT2D eigenvalue weighted by molar-refractivity contribution is 0.618. The van der Waals surface area contributed by atoms with Crippen molar-refractivity contribution >= 4 is 11.8 Å². The first-order valence-electron chi connectivity index (χ1n) is 6.27. The lowest BCUT2D eigenvalue weighted by Crippen LogP contribution is -2.12. The number of aryl methyl sites for hydroxylation is 2. The molecule has 1 aromatic carbocycles. The largest absolute Gasteiger partial charge is 0.313 e. The molecule has 1 aromatic heterocycles.